The van der Waals surface area contributed by atoms with Crippen molar-refractivity contribution in [3.8, 4) is 11.1 Å². The molecule has 0 fully saturated rings. The standard InChI is InChI=1S/C17H15NO/c1-13-4-6-14(7-5-13)15-8-10-16(11-9-15)18-12-2-3-17(18)19/h2-11H,12H2,1H3. The molecule has 0 radical (unpaired) electrons. The Kier molecular flexibility index (Phi) is 2.92. The Labute approximate surface area is 113 Å². The van der Waals surface area contributed by atoms with Gasteiger partial charge in [-0.05, 0) is 30.2 Å². The second-order valence-electron chi connectivity index (χ2n) is 4.76. The normalized spacial score (nSPS) is 14.2. The molecule has 0 spiro atoms. The van der Waals surface area contributed by atoms with Gasteiger partial charge in [-0.15, -0.1) is 0 Å². The van der Waals surface area contributed by atoms with Crippen LogP contribution in [0.5, 0.6) is 0 Å². The van der Waals surface area contributed by atoms with Gasteiger partial charge in [0.05, 0.1) is 0 Å². The van der Waals surface area contributed by atoms with Crippen molar-refractivity contribution in [2.45, 2.75) is 6.92 Å². The van der Waals surface area contributed by atoms with E-state index in [4.69, 9.17) is 0 Å². The number of carbonyl (C=O) groups excluding carboxylic acids is 1. The lowest BCUT2D eigenvalue weighted by Crippen LogP contribution is -2.24. The molecular weight excluding hydrogens is 234 g/mol. The molecule has 0 bridgehead atoms. The lowest BCUT2D eigenvalue weighted by atomic mass is 10.0. The summed E-state index contributed by atoms with van der Waals surface area (Å²) < 4.78 is 0. The maximum absolute atomic E-state index is 11.6. The molecule has 1 amide bonds. The minimum atomic E-state index is 0.0584. The first-order valence-electron chi connectivity index (χ1n) is 6.39. The number of anilines is 1. The Morgan fingerprint density at radius 1 is 0.895 bits per heavy atom. The van der Waals surface area contributed by atoms with E-state index >= 15 is 0 Å². The Morgan fingerprint density at radius 2 is 1.47 bits per heavy atom. The highest BCUT2D eigenvalue weighted by molar-refractivity contribution is 6.04. The molecule has 94 valence electrons. The van der Waals surface area contributed by atoms with Crippen LogP contribution in [-0.4, -0.2) is 12.5 Å². The fourth-order valence-corrected chi connectivity index (χ4v) is 2.25. The van der Waals surface area contributed by atoms with Crippen molar-refractivity contribution in [1.29, 1.82) is 0 Å². The zero-order valence-electron chi connectivity index (χ0n) is 10.8. The van der Waals surface area contributed by atoms with Crippen LogP contribution < -0.4 is 4.90 Å². The third-order valence-corrected chi connectivity index (χ3v) is 3.38. The van der Waals surface area contributed by atoms with Crippen LogP contribution >= 0.6 is 0 Å². The molecule has 0 atom stereocenters. The van der Waals surface area contributed by atoms with Crippen LogP contribution in [-0.2, 0) is 4.79 Å². The number of amides is 1. The summed E-state index contributed by atoms with van der Waals surface area (Å²) in [6, 6.07) is 16.6. The molecule has 0 aromatic heterocycles. The van der Waals surface area contributed by atoms with E-state index in [2.05, 4.69) is 43.3 Å². The van der Waals surface area contributed by atoms with E-state index in [1.165, 1.54) is 16.7 Å². The molecule has 2 heteroatoms. The van der Waals surface area contributed by atoms with Crippen molar-refractivity contribution in [3.63, 3.8) is 0 Å². The van der Waals surface area contributed by atoms with Crippen LogP contribution in [0.2, 0.25) is 0 Å². The topological polar surface area (TPSA) is 20.3 Å². The fraction of sp³-hybridized carbons (Fsp3) is 0.118. The van der Waals surface area contributed by atoms with Crippen molar-refractivity contribution in [2.24, 2.45) is 0 Å². The third kappa shape index (κ3) is 2.29. The molecule has 0 N–H and O–H groups in total. The number of benzene rings is 2. The lowest BCUT2D eigenvalue weighted by Gasteiger charge is -2.16. The van der Waals surface area contributed by atoms with E-state index < -0.39 is 0 Å². The van der Waals surface area contributed by atoms with E-state index in [1.54, 1.807) is 11.0 Å². The number of hydrogen-bond acceptors (Lipinski definition) is 1. The molecule has 2 aromatic rings. The van der Waals surface area contributed by atoms with E-state index in [-0.39, 0.29) is 5.91 Å². The van der Waals surface area contributed by atoms with Gasteiger partial charge in [-0.25, -0.2) is 0 Å². The summed E-state index contributed by atoms with van der Waals surface area (Å²) in [7, 11) is 0. The number of carbonyl (C=O) groups is 1. The monoisotopic (exact) mass is 249 g/mol. The SMILES string of the molecule is Cc1ccc(-c2ccc(N3CC=CC3=O)cc2)cc1. The maximum atomic E-state index is 11.6. The highest BCUT2D eigenvalue weighted by atomic mass is 16.2. The van der Waals surface area contributed by atoms with Gasteiger partial charge in [0.1, 0.15) is 0 Å². The smallest absolute Gasteiger partial charge is 0.251 e. The highest BCUT2D eigenvalue weighted by Crippen LogP contribution is 2.24. The van der Waals surface area contributed by atoms with E-state index in [0.717, 1.165) is 5.69 Å². The van der Waals surface area contributed by atoms with Gasteiger partial charge in [0.15, 0.2) is 0 Å². The molecule has 1 heterocycles. The quantitative estimate of drug-likeness (QED) is 0.796. The molecule has 19 heavy (non-hydrogen) atoms. The molecule has 1 aliphatic heterocycles. The zero-order chi connectivity index (χ0) is 13.2. The first-order valence-corrected chi connectivity index (χ1v) is 6.39. The summed E-state index contributed by atoms with van der Waals surface area (Å²) in [5.74, 6) is 0.0584. The van der Waals surface area contributed by atoms with E-state index in [0.29, 0.717) is 6.54 Å². The van der Waals surface area contributed by atoms with Gasteiger partial charge >= 0.3 is 0 Å². The molecular formula is C17H15NO. The van der Waals surface area contributed by atoms with Crippen molar-refractivity contribution >= 4 is 11.6 Å². The van der Waals surface area contributed by atoms with Gasteiger partial charge < -0.3 is 4.90 Å². The van der Waals surface area contributed by atoms with Crippen molar-refractivity contribution in [1.82, 2.24) is 0 Å². The molecule has 3 rings (SSSR count). The first-order chi connectivity index (χ1) is 9.24. The van der Waals surface area contributed by atoms with E-state index in [1.807, 2.05) is 18.2 Å². The number of aryl methyl sites for hydroxylation is 1. The second-order valence-corrected chi connectivity index (χ2v) is 4.76. The van der Waals surface area contributed by atoms with Gasteiger partial charge in [-0.3, -0.25) is 4.79 Å². The predicted octanol–water partition coefficient (Wildman–Crippen LogP) is 3.56. The molecule has 2 aromatic carbocycles. The second kappa shape index (κ2) is 4.73. The van der Waals surface area contributed by atoms with Gasteiger partial charge in [0.25, 0.3) is 5.91 Å². The molecule has 0 unspecified atom stereocenters. The largest absolute Gasteiger partial charge is 0.305 e. The summed E-state index contributed by atoms with van der Waals surface area (Å²) in [5, 5.41) is 0. The fourth-order valence-electron chi connectivity index (χ4n) is 2.25. The number of hydrogen-bond donors (Lipinski definition) is 0. The minimum Gasteiger partial charge on any atom is -0.305 e. The summed E-state index contributed by atoms with van der Waals surface area (Å²) in [5.41, 5.74) is 4.58. The Balaban J connectivity index is 1.86. The minimum absolute atomic E-state index is 0.0584. The van der Waals surface area contributed by atoms with Crippen LogP contribution in [0.3, 0.4) is 0 Å². The van der Waals surface area contributed by atoms with Crippen LogP contribution in [0.25, 0.3) is 11.1 Å². The van der Waals surface area contributed by atoms with Gasteiger partial charge in [-0.2, -0.15) is 0 Å². The highest BCUT2D eigenvalue weighted by Gasteiger charge is 2.16. The Morgan fingerprint density at radius 3 is 2.00 bits per heavy atom. The molecule has 1 aliphatic rings. The number of nitrogens with zero attached hydrogens (tertiary/aromatic N) is 1. The van der Waals surface area contributed by atoms with Crippen LogP contribution in [0.1, 0.15) is 5.56 Å². The average molecular weight is 249 g/mol. The summed E-state index contributed by atoms with van der Waals surface area (Å²) in [4.78, 5) is 13.4. The lowest BCUT2D eigenvalue weighted by molar-refractivity contribution is -0.113. The molecule has 2 nitrogen and oxygen atoms in total. The van der Waals surface area contributed by atoms with Crippen LogP contribution in [0.4, 0.5) is 5.69 Å². The van der Waals surface area contributed by atoms with Crippen molar-refractivity contribution < 1.29 is 4.79 Å². The van der Waals surface area contributed by atoms with Crippen molar-refractivity contribution in [2.75, 3.05) is 11.4 Å². The maximum Gasteiger partial charge on any atom is 0.251 e. The Bertz CT molecular complexity index is 623. The van der Waals surface area contributed by atoms with Crippen LogP contribution in [0.15, 0.2) is 60.7 Å². The van der Waals surface area contributed by atoms with Gasteiger partial charge in [0.2, 0.25) is 0 Å². The van der Waals surface area contributed by atoms with Crippen LogP contribution in [0, 0.1) is 6.92 Å². The van der Waals surface area contributed by atoms with Gasteiger partial charge in [0, 0.05) is 18.3 Å². The molecule has 0 aliphatic carbocycles. The molecule has 0 saturated carbocycles. The first kappa shape index (κ1) is 11.7. The average Bonchev–Trinajstić information content (AvgIpc) is 2.86. The Hall–Kier alpha value is -2.35. The van der Waals surface area contributed by atoms with Gasteiger partial charge in [-0.1, -0.05) is 48.0 Å². The molecule has 0 saturated heterocycles. The number of rotatable bonds is 2. The summed E-state index contributed by atoms with van der Waals surface area (Å²) in [6.07, 6.45) is 3.50. The van der Waals surface area contributed by atoms with Crippen molar-refractivity contribution in [3.05, 3.63) is 66.2 Å². The zero-order valence-corrected chi connectivity index (χ0v) is 10.8. The summed E-state index contributed by atoms with van der Waals surface area (Å²) >= 11 is 0. The third-order valence-electron chi connectivity index (χ3n) is 3.38. The van der Waals surface area contributed by atoms with E-state index in [9.17, 15) is 4.79 Å². The summed E-state index contributed by atoms with van der Waals surface area (Å²) in [6.45, 7) is 2.75. The predicted molar refractivity (Wildman–Crippen MR) is 78.1 cm³/mol.